The van der Waals surface area contributed by atoms with Gasteiger partial charge in [0.05, 0.1) is 13.2 Å². The first-order valence-corrected chi connectivity index (χ1v) is 15.0. The van der Waals surface area contributed by atoms with Crippen LogP contribution in [0.25, 0.3) is 10.9 Å². The standard InChI is InChI=1S/C33H39FN6O3/c1-22-5-4-12-35-32(37-24-6-8-25(9-7-24)39-15-13-38(3)14-16-39)29(33(41)40-17-19-42-20-18-40)31(22)43-28-11-10-27-26(30(28)34)21-23(2)36-27/h4,6-12,21-22,36H,5,13-20H2,1-3H3,(H,35,37)/b12-4+,31-29-. The monoisotopic (exact) mass is 586 g/mol. The normalized spacial score (nSPS) is 23.8. The lowest BCUT2D eigenvalue weighted by molar-refractivity contribution is -0.130. The Morgan fingerprint density at radius 2 is 1.81 bits per heavy atom. The van der Waals surface area contributed by atoms with Crippen LogP contribution >= 0.6 is 0 Å². The maximum absolute atomic E-state index is 15.7. The minimum atomic E-state index is -0.469. The van der Waals surface area contributed by atoms with Crippen molar-refractivity contribution in [3.8, 4) is 5.75 Å². The number of hydrogen-bond acceptors (Lipinski definition) is 7. The van der Waals surface area contributed by atoms with Crippen LogP contribution in [0.15, 0.2) is 71.1 Å². The highest BCUT2D eigenvalue weighted by Gasteiger charge is 2.32. The van der Waals surface area contributed by atoms with E-state index >= 15 is 4.39 Å². The summed E-state index contributed by atoms with van der Waals surface area (Å²) < 4.78 is 27.7. The van der Waals surface area contributed by atoms with E-state index in [1.54, 1.807) is 29.3 Å². The predicted octanol–water partition coefficient (Wildman–Crippen LogP) is 4.92. The fraction of sp³-hybridized carbons (Fsp3) is 0.394. The number of likely N-dealkylation sites (N-methyl/N-ethyl adjacent to an activating group) is 1. The number of amides is 1. The van der Waals surface area contributed by atoms with Gasteiger partial charge in [-0.05, 0) is 62.9 Å². The molecule has 0 radical (unpaired) electrons. The van der Waals surface area contributed by atoms with Crippen molar-refractivity contribution in [3.63, 3.8) is 0 Å². The van der Waals surface area contributed by atoms with E-state index in [1.807, 2.05) is 32.1 Å². The molecule has 6 rings (SSSR count). The molecule has 0 saturated carbocycles. The number of aryl methyl sites for hydroxylation is 1. The van der Waals surface area contributed by atoms with Crippen molar-refractivity contribution in [2.45, 2.75) is 20.3 Å². The summed E-state index contributed by atoms with van der Waals surface area (Å²) in [6, 6.07) is 13.3. The summed E-state index contributed by atoms with van der Waals surface area (Å²) in [4.78, 5) is 28.5. The summed E-state index contributed by atoms with van der Waals surface area (Å²) in [5, 5.41) is 3.84. The molecule has 10 heteroatoms. The van der Waals surface area contributed by atoms with Gasteiger partial charge in [-0.25, -0.2) is 9.38 Å². The number of ether oxygens (including phenoxy) is 2. The summed E-state index contributed by atoms with van der Waals surface area (Å²) in [6.45, 7) is 9.69. The molecule has 2 saturated heterocycles. The number of aliphatic imine (C=N–C) groups is 1. The number of benzene rings is 2. The van der Waals surface area contributed by atoms with E-state index in [4.69, 9.17) is 14.5 Å². The second-order valence-electron chi connectivity index (χ2n) is 11.5. The Labute approximate surface area is 251 Å². The van der Waals surface area contributed by atoms with E-state index in [0.717, 1.165) is 43.2 Å². The number of nitrogens with one attached hydrogen (secondary N) is 2. The van der Waals surface area contributed by atoms with Gasteiger partial charge in [0.2, 0.25) is 0 Å². The number of aromatic nitrogens is 1. The summed E-state index contributed by atoms with van der Waals surface area (Å²) in [5.74, 6) is -0.0949. The molecular formula is C33H39FN6O3. The smallest absolute Gasteiger partial charge is 0.261 e. The zero-order valence-corrected chi connectivity index (χ0v) is 25.0. The third-order valence-electron chi connectivity index (χ3n) is 8.30. The Morgan fingerprint density at radius 3 is 2.56 bits per heavy atom. The first kappa shape index (κ1) is 28.9. The highest BCUT2D eigenvalue weighted by Crippen LogP contribution is 2.33. The third kappa shape index (κ3) is 6.30. The topological polar surface area (TPSA) is 85.4 Å². The summed E-state index contributed by atoms with van der Waals surface area (Å²) in [5.41, 5.74) is 3.79. The maximum atomic E-state index is 15.7. The highest BCUT2D eigenvalue weighted by molar-refractivity contribution is 6.25. The van der Waals surface area contributed by atoms with Gasteiger partial charge in [0, 0.05) is 79.4 Å². The van der Waals surface area contributed by atoms with E-state index < -0.39 is 5.82 Å². The zero-order valence-electron chi connectivity index (χ0n) is 25.0. The molecule has 0 spiro atoms. The molecule has 2 fully saturated rings. The number of anilines is 2. The van der Waals surface area contributed by atoms with Crippen LogP contribution in [0, 0.1) is 18.7 Å². The van der Waals surface area contributed by atoms with Crippen LogP contribution in [0.2, 0.25) is 0 Å². The number of hydrogen-bond donors (Lipinski definition) is 2. The predicted molar refractivity (Wildman–Crippen MR) is 168 cm³/mol. The molecule has 4 heterocycles. The van der Waals surface area contributed by atoms with E-state index in [0.29, 0.717) is 60.8 Å². The van der Waals surface area contributed by atoms with Gasteiger partial charge in [-0.2, -0.15) is 0 Å². The molecule has 43 heavy (non-hydrogen) atoms. The number of H-pyrrole nitrogens is 1. The second kappa shape index (κ2) is 12.6. The van der Waals surface area contributed by atoms with Crippen molar-refractivity contribution in [2.75, 3.05) is 69.7 Å². The molecule has 0 aliphatic carbocycles. The molecule has 3 aromatic rings. The molecule has 226 valence electrons. The minimum Gasteiger partial charge on any atom is -0.457 e. The number of fused-ring (bicyclic) bond motifs is 1. The Kier molecular flexibility index (Phi) is 8.49. The van der Waals surface area contributed by atoms with Gasteiger partial charge in [-0.15, -0.1) is 0 Å². The number of piperazine rings is 1. The number of halogens is 1. The lowest BCUT2D eigenvalue weighted by Gasteiger charge is -2.34. The highest BCUT2D eigenvalue weighted by atomic mass is 19.1. The van der Waals surface area contributed by atoms with Crippen molar-refractivity contribution in [3.05, 3.63) is 77.6 Å². The first-order valence-electron chi connectivity index (χ1n) is 15.0. The van der Waals surface area contributed by atoms with Gasteiger partial charge in [-0.3, -0.25) is 4.79 Å². The number of rotatable bonds is 5. The largest absolute Gasteiger partial charge is 0.457 e. The first-order chi connectivity index (χ1) is 20.9. The maximum Gasteiger partial charge on any atom is 0.261 e. The molecule has 1 atom stereocenters. The van der Waals surface area contributed by atoms with Crippen molar-refractivity contribution in [2.24, 2.45) is 10.9 Å². The SMILES string of the molecule is Cc1cc2c(F)c(O/C3=C(C(=O)N4CCOCC4)/C(Nc4ccc(N5CCN(C)CC5)cc4)=N/C=C/CC3C)ccc2[nH]1. The lowest BCUT2D eigenvalue weighted by Crippen LogP contribution is -2.44. The van der Waals surface area contributed by atoms with Crippen LogP contribution in [0.3, 0.4) is 0 Å². The summed E-state index contributed by atoms with van der Waals surface area (Å²) >= 11 is 0. The Bertz CT molecular complexity index is 1560. The van der Waals surface area contributed by atoms with Crippen LogP contribution in [-0.2, 0) is 9.53 Å². The van der Waals surface area contributed by atoms with Gasteiger partial charge < -0.3 is 34.5 Å². The molecule has 1 aromatic heterocycles. The summed E-state index contributed by atoms with van der Waals surface area (Å²) in [6.07, 6.45) is 4.24. The van der Waals surface area contributed by atoms with Gasteiger partial charge in [0.25, 0.3) is 5.91 Å². The van der Waals surface area contributed by atoms with Gasteiger partial charge in [0.1, 0.15) is 17.2 Å². The molecule has 3 aliphatic rings. The third-order valence-corrected chi connectivity index (χ3v) is 8.30. The average Bonchev–Trinajstić information content (AvgIpc) is 3.41. The van der Waals surface area contributed by atoms with Crippen LogP contribution < -0.4 is 15.0 Å². The molecule has 1 amide bonds. The Balaban J connectivity index is 1.37. The Hall–Kier alpha value is -4.15. The average molecular weight is 587 g/mol. The molecule has 2 aromatic carbocycles. The minimum absolute atomic E-state index is 0.0704. The van der Waals surface area contributed by atoms with E-state index in [2.05, 4.69) is 39.3 Å². The molecule has 2 N–H and O–H groups in total. The van der Waals surface area contributed by atoms with Gasteiger partial charge >= 0.3 is 0 Å². The molecule has 9 nitrogen and oxygen atoms in total. The fourth-order valence-corrected chi connectivity index (χ4v) is 5.75. The molecular weight excluding hydrogens is 547 g/mol. The number of carbonyl (C=O) groups is 1. The number of amidine groups is 1. The van der Waals surface area contributed by atoms with Crippen molar-refractivity contribution >= 4 is 34.0 Å². The van der Waals surface area contributed by atoms with E-state index in [9.17, 15) is 4.79 Å². The van der Waals surface area contributed by atoms with E-state index in [1.165, 1.54) is 0 Å². The Morgan fingerprint density at radius 1 is 1.07 bits per heavy atom. The quantitative estimate of drug-likeness (QED) is 0.442. The molecule has 3 aliphatic heterocycles. The fourth-order valence-electron chi connectivity index (χ4n) is 5.75. The van der Waals surface area contributed by atoms with Crippen LogP contribution in [0.1, 0.15) is 19.0 Å². The van der Waals surface area contributed by atoms with Crippen LogP contribution in [0.5, 0.6) is 5.75 Å². The number of nitrogens with zero attached hydrogens (tertiary/aromatic N) is 4. The number of allylic oxidation sites excluding steroid dienone is 2. The van der Waals surface area contributed by atoms with E-state index in [-0.39, 0.29) is 17.6 Å². The van der Waals surface area contributed by atoms with Crippen molar-refractivity contribution in [1.29, 1.82) is 0 Å². The van der Waals surface area contributed by atoms with Crippen LogP contribution in [-0.4, -0.2) is 86.1 Å². The van der Waals surface area contributed by atoms with Crippen LogP contribution in [0.4, 0.5) is 15.8 Å². The lowest BCUT2D eigenvalue weighted by atomic mass is 9.97. The van der Waals surface area contributed by atoms with Crippen molar-refractivity contribution in [1.82, 2.24) is 14.8 Å². The second-order valence-corrected chi connectivity index (χ2v) is 11.5. The van der Waals surface area contributed by atoms with Crippen molar-refractivity contribution < 1.29 is 18.7 Å². The van der Waals surface area contributed by atoms with Gasteiger partial charge in [0.15, 0.2) is 11.6 Å². The van der Waals surface area contributed by atoms with Gasteiger partial charge in [-0.1, -0.05) is 13.0 Å². The summed E-state index contributed by atoms with van der Waals surface area (Å²) in [7, 11) is 2.14. The molecule has 1 unspecified atom stereocenters. The number of carbonyl (C=O) groups excluding carboxylic acids is 1. The number of aromatic amines is 1. The number of morpholine rings is 1. The zero-order chi connectivity index (χ0) is 29.9. The molecule has 0 bridgehead atoms.